The highest BCUT2D eigenvalue weighted by Gasteiger charge is 2.62. The fourth-order valence-electron chi connectivity index (χ4n) is 7.43. The van der Waals surface area contributed by atoms with E-state index in [2.05, 4.69) is 26.8 Å². The molecule has 0 radical (unpaired) electrons. The van der Waals surface area contributed by atoms with Crippen molar-refractivity contribution < 1.29 is 19.8 Å². The molecular formula is C22H30O4. The molecule has 4 nitrogen and oxygen atoms in total. The standard InChI is InChI=1S/C22H30O4/c1-12-10-17-15-5-4-13-11-14(23)6-8-21(13,2)16(15)7-9-22(17,3)18(12)19(24)20(25)26/h6,8,11-12,15-19,24H,4-5,7,9-10H2,1-3H3,(H,25,26)/t12?,15-,16+,17+,18-,19?,21+,22+/m1/s1. The third-order valence-corrected chi connectivity index (χ3v) is 8.59. The van der Waals surface area contributed by atoms with Crippen LogP contribution in [0.3, 0.4) is 0 Å². The predicted octanol–water partition coefficient (Wildman–Crippen LogP) is 3.60. The van der Waals surface area contributed by atoms with Gasteiger partial charge in [0.2, 0.25) is 0 Å². The van der Waals surface area contributed by atoms with Gasteiger partial charge in [0.15, 0.2) is 11.9 Å². The summed E-state index contributed by atoms with van der Waals surface area (Å²) in [6.45, 7) is 6.62. The van der Waals surface area contributed by atoms with Crippen LogP contribution in [-0.4, -0.2) is 28.1 Å². The Balaban J connectivity index is 1.68. The number of aliphatic hydroxyl groups is 1. The third-order valence-electron chi connectivity index (χ3n) is 8.59. The van der Waals surface area contributed by atoms with Crippen molar-refractivity contribution in [2.45, 2.75) is 59.0 Å². The maximum absolute atomic E-state index is 11.8. The monoisotopic (exact) mass is 358 g/mol. The Morgan fingerprint density at radius 3 is 2.69 bits per heavy atom. The van der Waals surface area contributed by atoms with Crippen molar-refractivity contribution in [3.8, 4) is 0 Å². The van der Waals surface area contributed by atoms with E-state index in [1.165, 1.54) is 5.57 Å². The SMILES string of the molecule is CC1C[C@H]2[C@@H]3CCC4=CC(=O)C=C[C@]4(C)[C@H]3CC[C@]2(C)[C@H]1C(O)C(=O)O. The lowest BCUT2D eigenvalue weighted by molar-refractivity contribution is -0.156. The quantitative estimate of drug-likeness (QED) is 0.791. The Morgan fingerprint density at radius 1 is 1.27 bits per heavy atom. The fourth-order valence-corrected chi connectivity index (χ4v) is 7.43. The summed E-state index contributed by atoms with van der Waals surface area (Å²) in [5, 5.41) is 19.8. The van der Waals surface area contributed by atoms with Crippen LogP contribution in [0.1, 0.15) is 52.9 Å². The molecule has 0 heterocycles. The van der Waals surface area contributed by atoms with Crippen LogP contribution in [0.25, 0.3) is 0 Å². The molecule has 0 spiro atoms. The summed E-state index contributed by atoms with van der Waals surface area (Å²) in [5.41, 5.74) is 1.14. The average Bonchev–Trinajstić information content (AvgIpc) is 2.85. The summed E-state index contributed by atoms with van der Waals surface area (Å²) in [5.74, 6) is 0.595. The Hall–Kier alpha value is -1.42. The van der Waals surface area contributed by atoms with E-state index in [4.69, 9.17) is 0 Å². The van der Waals surface area contributed by atoms with Gasteiger partial charge in [-0.1, -0.05) is 32.4 Å². The first-order valence-corrected chi connectivity index (χ1v) is 10.0. The number of carbonyl (C=O) groups is 2. The predicted molar refractivity (Wildman–Crippen MR) is 98.3 cm³/mol. The minimum atomic E-state index is -1.27. The van der Waals surface area contributed by atoms with Crippen molar-refractivity contribution in [2.24, 2.45) is 40.4 Å². The molecule has 142 valence electrons. The van der Waals surface area contributed by atoms with Crippen LogP contribution in [0.15, 0.2) is 23.8 Å². The highest BCUT2D eigenvalue weighted by molar-refractivity contribution is 6.01. The Morgan fingerprint density at radius 2 is 2.00 bits per heavy atom. The minimum Gasteiger partial charge on any atom is -0.479 e. The van der Waals surface area contributed by atoms with Gasteiger partial charge >= 0.3 is 5.97 Å². The smallest absolute Gasteiger partial charge is 0.332 e. The van der Waals surface area contributed by atoms with Gasteiger partial charge in [0.05, 0.1) is 0 Å². The summed E-state index contributed by atoms with van der Waals surface area (Å²) in [6, 6.07) is 0. The number of allylic oxidation sites excluding steroid dienone is 4. The second-order valence-electron chi connectivity index (χ2n) is 9.67. The number of rotatable bonds is 2. The lowest BCUT2D eigenvalue weighted by Gasteiger charge is -2.57. The van der Waals surface area contributed by atoms with E-state index in [1.54, 1.807) is 6.08 Å². The van der Waals surface area contributed by atoms with Gasteiger partial charge in [-0.15, -0.1) is 0 Å². The number of fused-ring (bicyclic) bond motifs is 5. The molecule has 0 aliphatic heterocycles. The maximum Gasteiger partial charge on any atom is 0.332 e. The number of hydrogen-bond donors (Lipinski definition) is 2. The zero-order chi connectivity index (χ0) is 18.9. The van der Waals surface area contributed by atoms with E-state index < -0.39 is 12.1 Å². The van der Waals surface area contributed by atoms with Crippen LogP contribution in [-0.2, 0) is 9.59 Å². The lowest BCUT2D eigenvalue weighted by atomic mass is 9.47. The van der Waals surface area contributed by atoms with Gasteiger partial charge in [0.25, 0.3) is 0 Å². The van der Waals surface area contributed by atoms with Crippen LogP contribution in [0.5, 0.6) is 0 Å². The molecule has 4 rings (SSSR count). The van der Waals surface area contributed by atoms with Gasteiger partial charge in [-0.25, -0.2) is 4.79 Å². The van der Waals surface area contributed by atoms with Crippen LogP contribution in [0.4, 0.5) is 0 Å². The van der Waals surface area contributed by atoms with Gasteiger partial charge in [0.1, 0.15) is 0 Å². The van der Waals surface area contributed by atoms with Crippen molar-refractivity contribution in [1.29, 1.82) is 0 Å². The molecule has 0 bridgehead atoms. The number of aliphatic hydroxyl groups excluding tert-OH is 1. The van der Waals surface area contributed by atoms with Crippen molar-refractivity contribution in [1.82, 2.24) is 0 Å². The number of ketones is 1. The molecule has 3 fully saturated rings. The van der Waals surface area contributed by atoms with Gasteiger partial charge in [-0.3, -0.25) is 4.79 Å². The molecule has 3 saturated carbocycles. The largest absolute Gasteiger partial charge is 0.479 e. The van der Waals surface area contributed by atoms with Crippen LogP contribution in [0, 0.1) is 40.4 Å². The summed E-state index contributed by atoms with van der Waals surface area (Å²) in [7, 11) is 0. The van der Waals surface area contributed by atoms with Gasteiger partial charge in [-0.2, -0.15) is 0 Å². The molecule has 4 aliphatic carbocycles. The summed E-state index contributed by atoms with van der Waals surface area (Å²) in [6.07, 6.45) is 9.49. The molecule has 26 heavy (non-hydrogen) atoms. The molecule has 0 aromatic heterocycles. The molecule has 2 unspecified atom stereocenters. The molecular weight excluding hydrogens is 328 g/mol. The number of hydrogen-bond acceptors (Lipinski definition) is 3. The zero-order valence-electron chi connectivity index (χ0n) is 15.9. The normalized spacial score (nSPS) is 48.2. The first-order valence-electron chi connectivity index (χ1n) is 10.0. The second-order valence-corrected chi connectivity index (χ2v) is 9.67. The lowest BCUT2D eigenvalue weighted by Crippen LogP contribution is -2.51. The summed E-state index contributed by atoms with van der Waals surface area (Å²) >= 11 is 0. The molecule has 0 saturated heterocycles. The molecule has 0 aromatic carbocycles. The molecule has 2 N–H and O–H groups in total. The average molecular weight is 358 g/mol. The highest BCUT2D eigenvalue weighted by atomic mass is 16.4. The van der Waals surface area contributed by atoms with Crippen molar-refractivity contribution in [2.75, 3.05) is 0 Å². The van der Waals surface area contributed by atoms with Gasteiger partial charge in [-0.05, 0) is 73.3 Å². The van der Waals surface area contributed by atoms with E-state index in [0.717, 1.165) is 32.1 Å². The highest BCUT2D eigenvalue weighted by Crippen LogP contribution is 2.67. The van der Waals surface area contributed by atoms with E-state index in [9.17, 15) is 19.8 Å². The molecule has 4 aliphatic rings. The third kappa shape index (κ3) is 2.30. The van der Waals surface area contributed by atoms with Crippen LogP contribution < -0.4 is 0 Å². The Kier molecular flexibility index (Phi) is 4.00. The van der Waals surface area contributed by atoms with E-state index in [1.807, 2.05) is 6.08 Å². The van der Waals surface area contributed by atoms with Crippen LogP contribution >= 0.6 is 0 Å². The molecule has 8 atom stereocenters. The van der Waals surface area contributed by atoms with E-state index >= 15 is 0 Å². The fraction of sp³-hybridized carbons (Fsp3) is 0.727. The van der Waals surface area contributed by atoms with Crippen LogP contribution in [0.2, 0.25) is 0 Å². The van der Waals surface area contributed by atoms with E-state index in [0.29, 0.717) is 17.8 Å². The number of carbonyl (C=O) groups excluding carboxylic acids is 1. The first kappa shape index (κ1) is 18.0. The number of carboxylic acids is 1. The Bertz CT molecular complexity index is 707. The van der Waals surface area contributed by atoms with Gasteiger partial charge < -0.3 is 10.2 Å². The van der Waals surface area contributed by atoms with Crippen molar-refractivity contribution in [3.63, 3.8) is 0 Å². The topological polar surface area (TPSA) is 74.6 Å². The Labute approximate surface area is 155 Å². The zero-order valence-corrected chi connectivity index (χ0v) is 15.9. The first-order chi connectivity index (χ1) is 12.2. The maximum atomic E-state index is 11.8. The van der Waals surface area contributed by atoms with Crippen molar-refractivity contribution in [3.05, 3.63) is 23.8 Å². The number of aliphatic carboxylic acids is 1. The second kappa shape index (κ2) is 5.79. The van der Waals surface area contributed by atoms with Gasteiger partial charge in [0, 0.05) is 11.3 Å². The minimum absolute atomic E-state index is 0.0368. The molecule has 0 aromatic rings. The van der Waals surface area contributed by atoms with Crippen molar-refractivity contribution >= 4 is 11.8 Å². The van der Waals surface area contributed by atoms with E-state index in [-0.39, 0.29) is 28.4 Å². The summed E-state index contributed by atoms with van der Waals surface area (Å²) in [4.78, 5) is 23.3. The molecule has 0 amide bonds. The number of carboxylic acid groups (broad SMARTS) is 1. The summed E-state index contributed by atoms with van der Waals surface area (Å²) < 4.78 is 0. The molecule has 4 heteroatoms.